The molecular formula is C19H14ClF2N3O. The van der Waals surface area contributed by atoms with Crippen molar-refractivity contribution in [3.63, 3.8) is 0 Å². The van der Waals surface area contributed by atoms with Crippen LogP contribution in [0.1, 0.15) is 18.4 Å². The van der Waals surface area contributed by atoms with Gasteiger partial charge in [-0.25, -0.2) is 13.5 Å². The maximum Gasteiger partial charge on any atom is 0.236 e. The Morgan fingerprint density at radius 1 is 1.12 bits per heavy atom. The highest BCUT2D eigenvalue weighted by molar-refractivity contribution is 6.30. The zero-order valence-electron chi connectivity index (χ0n) is 13.5. The van der Waals surface area contributed by atoms with E-state index >= 15 is 0 Å². The Balaban J connectivity index is 1.55. The van der Waals surface area contributed by atoms with Crippen molar-refractivity contribution in [2.24, 2.45) is 0 Å². The summed E-state index contributed by atoms with van der Waals surface area (Å²) in [5.41, 5.74) is 0.0287. The minimum Gasteiger partial charge on any atom is -0.308 e. The molecule has 0 aliphatic heterocycles. The number of nitrogens with one attached hydrogen (secondary N) is 1. The Morgan fingerprint density at radius 2 is 1.88 bits per heavy atom. The molecule has 7 heteroatoms. The van der Waals surface area contributed by atoms with Crippen molar-refractivity contribution in [1.29, 1.82) is 0 Å². The van der Waals surface area contributed by atoms with Crippen LogP contribution in [0.2, 0.25) is 5.02 Å². The van der Waals surface area contributed by atoms with Crippen molar-refractivity contribution in [2.45, 2.75) is 18.3 Å². The maximum atomic E-state index is 14.1. The van der Waals surface area contributed by atoms with E-state index in [4.69, 9.17) is 11.6 Å². The van der Waals surface area contributed by atoms with Gasteiger partial charge in [0.25, 0.3) is 0 Å². The van der Waals surface area contributed by atoms with Gasteiger partial charge < -0.3 is 5.32 Å². The number of aromatic nitrogens is 2. The summed E-state index contributed by atoms with van der Waals surface area (Å²) in [4.78, 5) is 12.7. The van der Waals surface area contributed by atoms with Crippen molar-refractivity contribution >= 4 is 23.3 Å². The average molecular weight is 374 g/mol. The van der Waals surface area contributed by atoms with Crippen LogP contribution < -0.4 is 5.32 Å². The molecule has 3 aromatic rings. The van der Waals surface area contributed by atoms with Crippen LogP contribution in [-0.2, 0) is 10.2 Å². The van der Waals surface area contributed by atoms with Gasteiger partial charge in [-0.15, -0.1) is 0 Å². The number of carbonyl (C=O) groups excluding carboxylic acids is 1. The van der Waals surface area contributed by atoms with Crippen molar-refractivity contribution in [3.8, 4) is 5.69 Å². The molecule has 1 aliphatic rings. The number of hydrogen-bond acceptors (Lipinski definition) is 2. The SMILES string of the molecule is O=C(Nc1ccn(-c2ccc(Cl)c(F)c2)n1)C1(c2ccccc2F)CC1. The molecule has 1 heterocycles. The van der Waals surface area contributed by atoms with Gasteiger partial charge in [0.1, 0.15) is 11.6 Å². The standard InChI is InChI=1S/C19H14ClF2N3O/c20-14-6-5-12(11-16(14)22)25-10-7-17(24-25)23-18(26)19(8-9-19)13-3-1-2-4-15(13)21/h1-7,10-11H,8-9H2,(H,23,24,26). The third-order valence-electron chi connectivity index (χ3n) is 4.57. The summed E-state index contributed by atoms with van der Waals surface area (Å²) in [7, 11) is 0. The molecule has 1 aromatic heterocycles. The lowest BCUT2D eigenvalue weighted by molar-refractivity contribution is -0.118. The largest absolute Gasteiger partial charge is 0.308 e. The summed E-state index contributed by atoms with van der Waals surface area (Å²) in [6.45, 7) is 0. The normalized spacial score (nSPS) is 14.9. The molecule has 1 fully saturated rings. The molecule has 0 radical (unpaired) electrons. The molecular weight excluding hydrogens is 360 g/mol. The molecule has 4 nitrogen and oxygen atoms in total. The first kappa shape index (κ1) is 16.7. The van der Waals surface area contributed by atoms with E-state index < -0.39 is 11.2 Å². The van der Waals surface area contributed by atoms with Gasteiger partial charge in [0.2, 0.25) is 5.91 Å². The van der Waals surface area contributed by atoms with E-state index in [0.717, 1.165) is 0 Å². The predicted molar refractivity (Wildman–Crippen MR) is 94.5 cm³/mol. The molecule has 1 aliphatic carbocycles. The fraction of sp³-hybridized carbons (Fsp3) is 0.158. The average Bonchev–Trinajstić information content (AvgIpc) is 3.31. The first-order valence-electron chi connectivity index (χ1n) is 8.07. The molecule has 26 heavy (non-hydrogen) atoms. The van der Waals surface area contributed by atoms with Crippen LogP contribution in [0.3, 0.4) is 0 Å². The van der Waals surface area contributed by atoms with Crippen molar-refractivity contribution < 1.29 is 13.6 Å². The van der Waals surface area contributed by atoms with E-state index in [-0.39, 0.29) is 16.7 Å². The Kier molecular flexibility index (Phi) is 4.00. The fourth-order valence-corrected chi connectivity index (χ4v) is 3.11. The molecule has 1 N–H and O–H groups in total. The molecule has 2 aromatic carbocycles. The lowest BCUT2D eigenvalue weighted by Gasteiger charge is -2.15. The highest BCUT2D eigenvalue weighted by atomic mass is 35.5. The third kappa shape index (κ3) is 2.86. The van der Waals surface area contributed by atoms with Crippen molar-refractivity contribution in [3.05, 3.63) is 76.9 Å². The second-order valence-electron chi connectivity index (χ2n) is 6.26. The first-order chi connectivity index (χ1) is 12.5. The van der Waals surface area contributed by atoms with Crippen LogP contribution in [-0.4, -0.2) is 15.7 Å². The molecule has 0 bridgehead atoms. The Hall–Kier alpha value is -2.73. The molecule has 0 atom stereocenters. The Morgan fingerprint density at radius 3 is 2.58 bits per heavy atom. The summed E-state index contributed by atoms with van der Waals surface area (Å²) in [6.07, 6.45) is 2.77. The molecule has 1 amide bonds. The van der Waals surface area contributed by atoms with Crippen LogP contribution in [0.15, 0.2) is 54.7 Å². The topological polar surface area (TPSA) is 46.9 Å². The minimum atomic E-state index is -0.846. The number of rotatable bonds is 4. The number of anilines is 1. The van der Waals surface area contributed by atoms with Gasteiger partial charge in [0.15, 0.2) is 5.82 Å². The molecule has 0 saturated heterocycles. The third-order valence-corrected chi connectivity index (χ3v) is 4.88. The predicted octanol–water partition coefficient (Wildman–Crippen LogP) is 4.47. The Bertz CT molecular complexity index is 998. The number of nitrogens with zero attached hydrogens (tertiary/aromatic N) is 2. The van der Waals surface area contributed by atoms with E-state index in [9.17, 15) is 13.6 Å². The number of carbonyl (C=O) groups is 1. The number of amides is 1. The smallest absolute Gasteiger partial charge is 0.236 e. The number of halogens is 3. The lowest BCUT2D eigenvalue weighted by atomic mass is 9.94. The van der Waals surface area contributed by atoms with Gasteiger partial charge >= 0.3 is 0 Å². The van der Waals surface area contributed by atoms with Gasteiger partial charge in [0.05, 0.1) is 16.1 Å². The van der Waals surface area contributed by atoms with E-state index in [1.54, 1.807) is 36.5 Å². The highest BCUT2D eigenvalue weighted by Crippen LogP contribution is 2.49. The first-order valence-corrected chi connectivity index (χ1v) is 8.45. The molecule has 0 unspecified atom stereocenters. The van der Waals surface area contributed by atoms with Gasteiger partial charge in [0, 0.05) is 23.9 Å². The van der Waals surface area contributed by atoms with Gasteiger partial charge in [-0.1, -0.05) is 29.8 Å². The summed E-state index contributed by atoms with van der Waals surface area (Å²) >= 11 is 5.68. The van der Waals surface area contributed by atoms with Crippen LogP contribution >= 0.6 is 11.6 Å². The zero-order valence-corrected chi connectivity index (χ0v) is 14.3. The fourth-order valence-electron chi connectivity index (χ4n) is 2.99. The van der Waals surface area contributed by atoms with E-state index in [1.807, 2.05) is 0 Å². The zero-order chi connectivity index (χ0) is 18.3. The maximum absolute atomic E-state index is 14.1. The van der Waals surface area contributed by atoms with Crippen LogP contribution in [0.25, 0.3) is 5.69 Å². The van der Waals surface area contributed by atoms with E-state index in [2.05, 4.69) is 10.4 Å². The van der Waals surface area contributed by atoms with Crippen molar-refractivity contribution in [1.82, 2.24) is 9.78 Å². The minimum absolute atomic E-state index is 0.0231. The van der Waals surface area contributed by atoms with Gasteiger partial charge in [-0.2, -0.15) is 5.10 Å². The molecule has 4 rings (SSSR count). The second kappa shape index (κ2) is 6.21. The van der Waals surface area contributed by atoms with Crippen LogP contribution in [0, 0.1) is 11.6 Å². The summed E-state index contributed by atoms with van der Waals surface area (Å²) in [5, 5.41) is 6.98. The van der Waals surface area contributed by atoms with E-state index in [0.29, 0.717) is 29.9 Å². The van der Waals surface area contributed by atoms with Crippen molar-refractivity contribution in [2.75, 3.05) is 5.32 Å². The highest BCUT2D eigenvalue weighted by Gasteiger charge is 2.52. The molecule has 1 saturated carbocycles. The van der Waals surface area contributed by atoms with Gasteiger partial charge in [-0.3, -0.25) is 4.79 Å². The summed E-state index contributed by atoms with van der Waals surface area (Å²) in [5.74, 6) is -0.924. The quantitative estimate of drug-likeness (QED) is 0.733. The second-order valence-corrected chi connectivity index (χ2v) is 6.67. The molecule has 132 valence electrons. The monoisotopic (exact) mass is 373 g/mol. The summed E-state index contributed by atoms with van der Waals surface area (Å²) in [6, 6.07) is 12.2. The Labute approximate surface area is 153 Å². The van der Waals surface area contributed by atoms with Gasteiger partial charge in [-0.05, 0) is 31.0 Å². The lowest BCUT2D eigenvalue weighted by Crippen LogP contribution is -2.29. The van der Waals surface area contributed by atoms with E-state index in [1.165, 1.54) is 22.9 Å². The van der Waals surface area contributed by atoms with Crippen LogP contribution in [0.4, 0.5) is 14.6 Å². The molecule has 0 spiro atoms. The van der Waals surface area contributed by atoms with Crippen LogP contribution in [0.5, 0.6) is 0 Å². The number of benzene rings is 2. The summed E-state index contributed by atoms with van der Waals surface area (Å²) < 4.78 is 29.1. The number of hydrogen-bond donors (Lipinski definition) is 1.